The van der Waals surface area contributed by atoms with Crippen LogP contribution in [-0.4, -0.2) is 23.0 Å². The fourth-order valence-corrected chi connectivity index (χ4v) is 1.63. The highest BCUT2D eigenvalue weighted by Gasteiger charge is 2.27. The third-order valence-corrected chi connectivity index (χ3v) is 3.14. The molecule has 0 radical (unpaired) electrons. The van der Waals surface area contributed by atoms with Crippen LogP contribution in [0.5, 0.6) is 0 Å². The van der Waals surface area contributed by atoms with E-state index in [9.17, 15) is 9.59 Å². The van der Waals surface area contributed by atoms with Crippen LogP contribution in [0.2, 0.25) is 0 Å². The molecule has 0 spiro atoms. The first-order valence-corrected chi connectivity index (χ1v) is 6.05. The van der Waals surface area contributed by atoms with Gasteiger partial charge in [0.15, 0.2) is 0 Å². The number of rotatable bonds is 7. The van der Waals surface area contributed by atoms with Crippen molar-refractivity contribution >= 4 is 11.9 Å². The molecule has 2 N–H and O–H groups in total. The number of hydrogen-bond acceptors (Lipinski definition) is 2. The Morgan fingerprint density at radius 2 is 2.06 bits per heavy atom. The van der Waals surface area contributed by atoms with Gasteiger partial charge in [-0.15, -0.1) is 0 Å². The Morgan fingerprint density at radius 3 is 2.50 bits per heavy atom. The van der Waals surface area contributed by atoms with Crippen LogP contribution < -0.4 is 5.32 Å². The van der Waals surface area contributed by atoms with Gasteiger partial charge in [-0.25, -0.2) is 4.79 Å². The van der Waals surface area contributed by atoms with E-state index in [1.807, 2.05) is 13.8 Å². The zero-order valence-corrected chi connectivity index (χ0v) is 10.0. The molecule has 0 bridgehead atoms. The van der Waals surface area contributed by atoms with Gasteiger partial charge in [-0.2, -0.15) is 0 Å². The largest absolute Gasteiger partial charge is 0.480 e. The molecule has 1 amide bonds. The first-order valence-electron chi connectivity index (χ1n) is 6.05. The van der Waals surface area contributed by atoms with Crippen LogP contribution in [0.3, 0.4) is 0 Å². The Kier molecular flexibility index (Phi) is 4.77. The summed E-state index contributed by atoms with van der Waals surface area (Å²) in [6.07, 6.45) is 4.15. The van der Waals surface area contributed by atoms with Gasteiger partial charge in [0.05, 0.1) is 0 Å². The fraction of sp³-hybridized carbons (Fsp3) is 0.833. The number of aliphatic carboxylic acids is 1. The van der Waals surface area contributed by atoms with Crippen LogP contribution in [0.25, 0.3) is 0 Å². The lowest BCUT2D eigenvalue weighted by Crippen LogP contribution is -2.41. The number of carboxylic acid groups (broad SMARTS) is 1. The van der Waals surface area contributed by atoms with Crippen molar-refractivity contribution in [1.29, 1.82) is 0 Å². The Hall–Kier alpha value is -1.06. The van der Waals surface area contributed by atoms with Gasteiger partial charge < -0.3 is 10.4 Å². The van der Waals surface area contributed by atoms with E-state index in [0.717, 1.165) is 19.3 Å². The molecule has 0 heterocycles. The average molecular weight is 227 g/mol. The molecule has 4 heteroatoms. The van der Waals surface area contributed by atoms with Gasteiger partial charge >= 0.3 is 5.97 Å². The summed E-state index contributed by atoms with van der Waals surface area (Å²) >= 11 is 0. The summed E-state index contributed by atoms with van der Waals surface area (Å²) in [5.74, 6) is -0.219. The maximum absolute atomic E-state index is 11.5. The van der Waals surface area contributed by atoms with Gasteiger partial charge in [-0.1, -0.05) is 20.3 Å². The Morgan fingerprint density at radius 1 is 1.44 bits per heavy atom. The highest BCUT2D eigenvalue weighted by molar-refractivity contribution is 5.83. The molecule has 1 unspecified atom stereocenters. The molecule has 1 fully saturated rings. The van der Waals surface area contributed by atoms with Crippen molar-refractivity contribution < 1.29 is 14.7 Å². The topological polar surface area (TPSA) is 66.4 Å². The zero-order valence-electron chi connectivity index (χ0n) is 10.0. The Labute approximate surface area is 96.4 Å². The predicted octanol–water partition coefficient (Wildman–Crippen LogP) is 1.79. The predicted molar refractivity (Wildman–Crippen MR) is 61.0 cm³/mol. The number of carbonyl (C=O) groups excluding carboxylic acids is 1. The van der Waals surface area contributed by atoms with Crippen LogP contribution in [0.15, 0.2) is 0 Å². The zero-order chi connectivity index (χ0) is 12.1. The second-order valence-corrected chi connectivity index (χ2v) is 4.85. The second-order valence-electron chi connectivity index (χ2n) is 4.85. The average Bonchev–Trinajstić information content (AvgIpc) is 3.00. The molecule has 4 nitrogen and oxygen atoms in total. The maximum atomic E-state index is 11.5. The molecule has 0 aromatic heterocycles. The molecule has 0 aromatic rings. The smallest absolute Gasteiger partial charge is 0.326 e. The summed E-state index contributed by atoms with van der Waals surface area (Å²) < 4.78 is 0. The van der Waals surface area contributed by atoms with Crippen molar-refractivity contribution in [1.82, 2.24) is 5.32 Å². The number of nitrogens with one attached hydrogen (secondary N) is 1. The Bertz CT molecular complexity index is 261. The van der Waals surface area contributed by atoms with E-state index in [2.05, 4.69) is 5.32 Å². The van der Waals surface area contributed by atoms with E-state index in [0.29, 0.717) is 24.7 Å². The third kappa shape index (κ3) is 4.64. The van der Waals surface area contributed by atoms with E-state index >= 15 is 0 Å². The molecule has 0 aliphatic heterocycles. The van der Waals surface area contributed by atoms with Gasteiger partial charge in [-0.3, -0.25) is 4.79 Å². The number of amides is 1. The highest BCUT2D eigenvalue weighted by atomic mass is 16.4. The minimum absolute atomic E-state index is 0.113. The van der Waals surface area contributed by atoms with Gasteiger partial charge in [0, 0.05) is 6.42 Å². The third-order valence-electron chi connectivity index (χ3n) is 3.14. The van der Waals surface area contributed by atoms with Crippen LogP contribution in [0.1, 0.15) is 46.0 Å². The first-order chi connectivity index (χ1) is 7.52. The molecule has 1 aliphatic carbocycles. The lowest BCUT2D eigenvalue weighted by molar-refractivity contribution is -0.142. The first kappa shape index (κ1) is 13.0. The van der Waals surface area contributed by atoms with Crippen LogP contribution in [-0.2, 0) is 9.59 Å². The molecule has 2 atom stereocenters. The highest BCUT2D eigenvalue weighted by Crippen LogP contribution is 2.32. The van der Waals surface area contributed by atoms with E-state index < -0.39 is 12.0 Å². The molecule has 1 aliphatic rings. The maximum Gasteiger partial charge on any atom is 0.326 e. The molecule has 16 heavy (non-hydrogen) atoms. The summed E-state index contributed by atoms with van der Waals surface area (Å²) in [5.41, 5.74) is 0. The summed E-state index contributed by atoms with van der Waals surface area (Å²) in [6, 6.07) is -0.721. The monoisotopic (exact) mass is 227 g/mol. The molecule has 92 valence electrons. The van der Waals surface area contributed by atoms with Crippen molar-refractivity contribution in [2.75, 3.05) is 0 Å². The molecule has 1 saturated carbocycles. The quantitative estimate of drug-likeness (QED) is 0.697. The molecular weight excluding hydrogens is 206 g/mol. The SMILES string of the molecule is CCC(C)C[C@H](NC(=O)CC1CC1)C(=O)O. The minimum atomic E-state index is -0.926. The van der Waals surface area contributed by atoms with Crippen LogP contribution >= 0.6 is 0 Å². The van der Waals surface area contributed by atoms with E-state index in [1.165, 1.54) is 0 Å². The van der Waals surface area contributed by atoms with Gasteiger partial charge in [0.25, 0.3) is 0 Å². The molecule has 0 aromatic carbocycles. The molecule has 1 rings (SSSR count). The van der Waals surface area contributed by atoms with Crippen LogP contribution in [0, 0.1) is 11.8 Å². The number of carbonyl (C=O) groups is 2. The lowest BCUT2D eigenvalue weighted by atomic mass is 9.99. The fourth-order valence-electron chi connectivity index (χ4n) is 1.63. The summed E-state index contributed by atoms with van der Waals surface area (Å²) in [4.78, 5) is 22.5. The van der Waals surface area contributed by atoms with Gasteiger partial charge in [0.2, 0.25) is 5.91 Å². The lowest BCUT2D eigenvalue weighted by Gasteiger charge is -2.17. The van der Waals surface area contributed by atoms with Crippen LogP contribution in [0.4, 0.5) is 0 Å². The summed E-state index contributed by atoms with van der Waals surface area (Å²) in [5, 5.41) is 11.6. The summed E-state index contributed by atoms with van der Waals surface area (Å²) in [7, 11) is 0. The van der Waals surface area contributed by atoms with E-state index in [4.69, 9.17) is 5.11 Å². The van der Waals surface area contributed by atoms with Crippen molar-refractivity contribution in [2.45, 2.75) is 52.0 Å². The van der Waals surface area contributed by atoms with Crippen molar-refractivity contribution in [3.63, 3.8) is 0 Å². The van der Waals surface area contributed by atoms with Gasteiger partial charge in [-0.05, 0) is 31.1 Å². The van der Waals surface area contributed by atoms with Crippen molar-refractivity contribution in [3.05, 3.63) is 0 Å². The normalized spacial score (nSPS) is 18.9. The number of hydrogen-bond donors (Lipinski definition) is 2. The number of carboxylic acids is 1. The second kappa shape index (κ2) is 5.87. The van der Waals surface area contributed by atoms with Crippen molar-refractivity contribution in [2.24, 2.45) is 11.8 Å². The standard InChI is InChI=1S/C12H21NO3/c1-3-8(2)6-10(12(15)16)13-11(14)7-9-4-5-9/h8-10H,3-7H2,1-2H3,(H,13,14)(H,15,16)/t8?,10-/m0/s1. The Balaban J connectivity index is 2.36. The van der Waals surface area contributed by atoms with E-state index in [-0.39, 0.29) is 5.91 Å². The summed E-state index contributed by atoms with van der Waals surface area (Å²) in [6.45, 7) is 4.03. The molecule has 0 saturated heterocycles. The minimum Gasteiger partial charge on any atom is -0.480 e. The molecular formula is C12H21NO3. The van der Waals surface area contributed by atoms with Crippen molar-refractivity contribution in [3.8, 4) is 0 Å². The van der Waals surface area contributed by atoms with E-state index in [1.54, 1.807) is 0 Å². The van der Waals surface area contributed by atoms with Gasteiger partial charge in [0.1, 0.15) is 6.04 Å².